The first-order valence-electron chi connectivity index (χ1n) is 6.18. The monoisotopic (exact) mass is 251 g/mol. The lowest BCUT2D eigenvalue weighted by molar-refractivity contribution is 0.117. The zero-order valence-electron chi connectivity index (χ0n) is 10.8. The molecule has 0 saturated heterocycles. The van der Waals surface area contributed by atoms with Gasteiger partial charge in [0.15, 0.2) is 0 Å². The molecule has 0 aliphatic heterocycles. The molecule has 17 heavy (non-hydrogen) atoms. The zero-order chi connectivity index (χ0) is 12.5. The van der Waals surface area contributed by atoms with Crippen molar-refractivity contribution in [3.8, 4) is 5.75 Å². The topological polar surface area (TPSA) is 35.2 Å². The molecule has 0 heterocycles. The van der Waals surface area contributed by atoms with Gasteiger partial charge in [-0.15, -0.1) is 0 Å². The molecule has 1 aromatic rings. The third-order valence-corrected chi connectivity index (χ3v) is 3.86. The van der Waals surface area contributed by atoms with Gasteiger partial charge < -0.3 is 4.74 Å². The predicted molar refractivity (Wildman–Crippen MR) is 73.5 cm³/mol. The standard InChI is InChI=1S/C14H21NOS/c1-14(2,3)10-7-8-12(13(9-10)17-15)16-11-5-4-6-11/h7-9,11H,4-6,15H2,1-3H3. The summed E-state index contributed by atoms with van der Waals surface area (Å²) in [6.45, 7) is 6.62. The predicted octanol–water partition coefficient (Wildman–Crippen LogP) is 3.88. The van der Waals surface area contributed by atoms with Gasteiger partial charge in [-0.3, -0.25) is 5.14 Å². The van der Waals surface area contributed by atoms with Gasteiger partial charge in [0.1, 0.15) is 5.75 Å². The fourth-order valence-corrected chi connectivity index (χ4v) is 2.26. The summed E-state index contributed by atoms with van der Waals surface area (Å²) in [6, 6.07) is 6.36. The van der Waals surface area contributed by atoms with E-state index in [0.29, 0.717) is 6.10 Å². The Morgan fingerprint density at radius 1 is 1.29 bits per heavy atom. The molecule has 0 bridgehead atoms. The molecule has 94 valence electrons. The van der Waals surface area contributed by atoms with E-state index < -0.39 is 0 Å². The first-order chi connectivity index (χ1) is 8.00. The van der Waals surface area contributed by atoms with Crippen LogP contribution in [0.3, 0.4) is 0 Å². The lowest BCUT2D eigenvalue weighted by Gasteiger charge is -2.28. The SMILES string of the molecule is CC(C)(C)c1ccc(OC2CCC2)c(SN)c1. The molecule has 1 aliphatic rings. The molecule has 3 heteroatoms. The van der Waals surface area contributed by atoms with Gasteiger partial charge in [-0.2, -0.15) is 0 Å². The van der Waals surface area contributed by atoms with Crippen molar-refractivity contribution in [1.29, 1.82) is 0 Å². The fourth-order valence-electron chi connectivity index (χ4n) is 1.83. The molecule has 1 fully saturated rings. The van der Waals surface area contributed by atoms with E-state index in [-0.39, 0.29) is 5.41 Å². The fraction of sp³-hybridized carbons (Fsp3) is 0.571. The number of hydrogen-bond acceptors (Lipinski definition) is 3. The molecule has 0 aromatic heterocycles. The highest BCUT2D eigenvalue weighted by atomic mass is 32.2. The largest absolute Gasteiger partial charge is 0.489 e. The number of benzene rings is 1. The van der Waals surface area contributed by atoms with E-state index in [1.807, 2.05) is 0 Å². The van der Waals surface area contributed by atoms with E-state index in [0.717, 1.165) is 10.6 Å². The van der Waals surface area contributed by atoms with Gasteiger partial charge >= 0.3 is 0 Å². The van der Waals surface area contributed by atoms with Gasteiger partial charge in [-0.05, 0) is 54.3 Å². The second-order valence-corrected chi connectivity index (χ2v) is 6.38. The van der Waals surface area contributed by atoms with Crippen molar-refractivity contribution in [2.75, 3.05) is 0 Å². The van der Waals surface area contributed by atoms with Crippen molar-refractivity contribution in [2.24, 2.45) is 5.14 Å². The highest BCUT2D eigenvalue weighted by molar-refractivity contribution is 7.97. The molecule has 0 atom stereocenters. The summed E-state index contributed by atoms with van der Waals surface area (Å²) in [6.07, 6.45) is 4.04. The van der Waals surface area contributed by atoms with E-state index >= 15 is 0 Å². The van der Waals surface area contributed by atoms with Crippen LogP contribution in [0.15, 0.2) is 23.1 Å². The smallest absolute Gasteiger partial charge is 0.134 e. The Kier molecular flexibility index (Phi) is 3.69. The van der Waals surface area contributed by atoms with Crippen molar-refractivity contribution in [3.05, 3.63) is 23.8 Å². The second kappa shape index (κ2) is 4.91. The Bertz CT molecular complexity index is 394. The molecular formula is C14H21NOS. The van der Waals surface area contributed by atoms with Crippen LogP contribution < -0.4 is 9.88 Å². The minimum absolute atomic E-state index is 0.152. The summed E-state index contributed by atoms with van der Waals surface area (Å²) in [4.78, 5) is 1.05. The van der Waals surface area contributed by atoms with E-state index in [4.69, 9.17) is 9.88 Å². The summed E-state index contributed by atoms with van der Waals surface area (Å²) < 4.78 is 5.94. The van der Waals surface area contributed by atoms with Crippen LogP contribution >= 0.6 is 11.9 Å². The number of hydrogen-bond donors (Lipinski definition) is 1. The second-order valence-electron chi connectivity index (χ2n) is 5.70. The maximum atomic E-state index is 5.94. The third-order valence-electron chi connectivity index (χ3n) is 3.28. The molecule has 1 aromatic carbocycles. The number of ether oxygens (including phenoxy) is 1. The van der Waals surface area contributed by atoms with Crippen LogP contribution in [0.1, 0.15) is 45.6 Å². The quantitative estimate of drug-likeness (QED) is 0.828. The molecular weight excluding hydrogens is 230 g/mol. The Balaban J connectivity index is 2.21. The Labute approximate surface area is 108 Å². The molecule has 1 aliphatic carbocycles. The molecule has 2 N–H and O–H groups in total. The molecule has 0 amide bonds. The van der Waals surface area contributed by atoms with Gasteiger partial charge in [0, 0.05) is 0 Å². The highest BCUT2D eigenvalue weighted by Crippen LogP contribution is 2.34. The van der Waals surface area contributed by atoms with Crippen LogP contribution in [0.2, 0.25) is 0 Å². The molecule has 0 unspecified atom stereocenters. The van der Waals surface area contributed by atoms with Crippen LogP contribution in [-0.2, 0) is 5.41 Å². The van der Waals surface area contributed by atoms with Crippen molar-refractivity contribution in [1.82, 2.24) is 0 Å². The lowest BCUT2D eigenvalue weighted by Crippen LogP contribution is -2.25. The van der Waals surface area contributed by atoms with Gasteiger partial charge in [-0.25, -0.2) is 0 Å². The molecule has 0 radical (unpaired) electrons. The Morgan fingerprint density at radius 2 is 2.00 bits per heavy atom. The van der Waals surface area contributed by atoms with Crippen LogP contribution in [0.5, 0.6) is 5.75 Å². The van der Waals surface area contributed by atoms with Gasteiger partial charge in [0.2, 0.25) is 0 Å². The van der Waals surface area contributed by atoms with Crippen LogP contribution in [0, 0.1) is 0 Å². The van der Waals surface area contributed by atoms with Crippen molar-refractivity contribution in [3.63, 3.8) is 0 Å². The molecule has 2 nitrogen and oxygen atoms in total. The first-order valence-corrected chi connectivity index (χ1v) is 7.06. The highest BCUT2D eigenvalue weighted by Gasteiger charge is 2.21. The van der Waals surface area contributed by atoms with E-state index in [1.165, 1.54) is 36.8 Å². The summed E-state index contributed by atoms with van der Waals surface area (Å²) in [7, 11) is 0. The van der Waals surface area contributed by atoms with Gasteiger partial charge in [-0.1, -0.05) is 26.8 Å². The minimum Gasteiger partial charge on any atom is -0.489 e. The summed E-state index contributed by atoms with van der Waals surface area (Å²) in [5, 5.41) is 5.73. The van der Waals surface area contributed by atoms with E-state index in [2.05, 4.69) is 39.0 Å². The van der Waals surface area contributed by atoms with Crippen molar-refractivity contribution in [2.45, 2.75) is 56.4 Å². The van der Waals surface area contributed by atoms with E-state index in [9.17, 15) is 0 Å². The molecule has 0 spiro atoms. The average molecular weight is 251 g/mol. The molecule has 1 saturated carbocycles. The lowest BCUT2D eigenvalue weighted by atomic mass is 9.87. The Hall–Kier alpha value is -0.670. The maximum absolute atomic E-state index is 5.94. The van der Waals surface area contributed by atoms with Crippen molar-refractivity contribution < 1.29 is 4.74 Å². The summed E-state index contributed by atoms with van der Waals surface area (Å²) in [5.41, 5.74) is 1.45. The normalized spacial score (nSPS) is 16.7. The minimum atomic E-state index is 0.152. The first kappa shape index (κ1) is 12.8. The van der Waals surface area contributed by atoms with E-state index in [1.54, 1.807) is 0 Å². The van der Waals surface area contributed by atoms with Crippen LogP contribution in [0.25, 0.3) is 0 Å². The average Bonchev–Trinajstić information content (AvgIpc) is 2.22. The Morgan fingerprint density at radius 3 is 2.47 bits per heavy atom. The molecule has 2 rings (SSSR count). The van der Waals surface area contributed by atoms with Gasteiger partial charge in [0.05, 0.1) is 11.0 Å². The summed E-state index contributed by atoms with van der Waals surface area (Å²) in [5.74, 6) is 0.940. The number of nitrogens with two attached hydrogens (primary N) is 1. The maximum Gasteiger partial charge on any atom is 0.134 e. The van der Waals surface area contributed by atoms with Gasteiger partial charge in [0.25, 0.3) is 0 Å². The summed E-state index contributed by atoms with van der Waals surface area (Å²) >= 11 is 1.28. The third kappa shape index (κ3) is 2.96. The van der Waals surface area contributed by atoms with Crippen LogP contribution in [0.4, 0.5) is 0 Å². The number of rotatable bonds is 3. The van der Waals surface area contributed by atoms with Crippen LogP contribution in [-0.4, -0.2) is 6.10 Å². The zero-order valence-corrected chi connectivity index (χ0v) is 11.6. The van der Waals surface area contributed by atoms with Crippen molar-refractivity contribution >= 4 is 11.9 Å².